The van der Waals surface area contributed by atoms with Crippen LogP contribution in [-0.2, 0) is 6.54 Å². The maximum Gasteiger partial charge on any atom is 0.412 e. The van der Waals surface area contributed by atoms with Crippen molar-refractivity contribution in [2.75, 3.05) is 4.90 Å². The summed E-state index contributed by atoms with van der Waals surface area (Å²) in [6.07, 6.45) is -1.04. The van der Waals surface area contributed by atoms with Gasteiger partial charge in [0.05, 0.1) is 12.2 Å². The van der Waals surface area contributed by atoms with Crippen LogP contribution in [0.25, 0.3) is 0 Å². The lowest BCUT2D eigenvalue weighted by atomic mass is 10.2. The van der Waals surface area contributed by atoms with Crippen molar-refractivity contribution in [1.82, 2.24) is 0 Å². The van der Waals surface area contributed by atoms with Gasteiger partial charge in [0.15, 0.2) is 5.75 Å². The van der Waals surface area contributed by atoms with Crippen LogP contribution in [0.1, 0.15) is 5.56 Å². The van der Waals surface area contributed by atoms with Gasteiger partial charge in [0.1, 0.15) is 5.75 Å². The molecule has 1 aliphatic heterocycles. The molecule has 0 saturated heterocycles. The van der Waals surface area contributed by atoms with Gasteiger partial charge < -0.3 is 9.84 Å². The molecule has 0 fully saturated rings. The number of para-hydroxylation sites is 1. The zero-order chi connectivity index (χ0) is 15.4. The average molecular weight is 308 g/mol. The maximum atomic E-state index is 11.4. The number of ether oxygens (including phenoxy) is 1. The molecule has 21 heavy (non-hydrogen) atoms. The summed E-state index contributed by atoms with van der Waals surface area (Å²) in [5.74, 6) is 9.14. The highest BCUT2D eigenvalue weighted by molar-refractivity contribution is 6.31. The molecule has 0 saturated carbocycles. The Kier molecular flexibility index (Phi) is 4.64. The fraction of sp³-hybridized carbons (Fsp3) is 0.0714. The lowest BCUT2D eigenvalue weighted by Crippen LogP contribution is -2.27. The van der Waals surface area contributed by atoms with Crippen LogP contribution in [-0.4, -0.2) is 11.2 Å². The topological polar surface area (TPSA) is 102 Å². The van der Waals surface area contributed by atoms with Gasteiger partial charge in [-0.3, -0.25) is 16.6 Å². The summed E-state index contributed by atoms with van der Waals surface area (Å²) in [4.78, 5) is 12.6. The number of hydrogen-bond donors (Lipinski definition) is 3. The maximum absolute atomic E-state index is 11.4. The Labute approximate surface area is 126 Å². The molecule has 6 nitrogen and oxygen atoms in total. The van der Waals surface area contributed by atoms with E-state index in [0.29, 0.717) is 22.2 Å². The van der Waals surface area contributed by atoms with Crippen LogP contribution >= 0.6 is 11.6 Å². The van der Waals surface area contributed by atoms with Gasteiger partial charge in [0.25, 0.3) is 0 Å². The molecule has 5 N–H and O–H groups in total. The molecule has 1 amide bonds. The van der Waals surface area contributed by atoms with Gasteiger partial charge in [-0.15, -0.1) is 0 Å². The quantitative estimate of drug-likeness (QED) is 0.513. The normalized spacial score (nSPS) is 12.0. The summed E-state index contributed by atoms with van der Waals surface area (Å²) in [6.45, 7) is 0.235. The van der Waals surface area contributed by atoms with Crippen LogP contribution in [0.4, 0.5) is 10.5 Å². The van der Waals surface area contributed by atoms with Crippen molar-refractivity contribution in [2.45, 2.75) is 6.54 Å². The van der Waals surface area contributed by atoms with Gasteiger partial charge in [0.2, 0.25) is 0 Å². The van der Waals surface area contributed by atoms with Crippen molar-refractivity contribution >= 4 is 23.4 Å². The minimum absolute atomic E-state index is 0.235. The average Bonchev–Trinajstić information content (AvgIpc) is 2.65. The molecule has 3 rings (SSSR count). The third kappa shape index (κ3) is 3.08. The number of fused-ring (bicyclic) bond motifs is 2. The summed E-state index contributed by atoms with van der Waals surface area (Å²) in [7, 11) is 0. The number of nitrogens with zero attached hydrogens (tertiary/aromatic N) is 1. The molecule has 0 bridgehead atoms. The predicted octanol–water partition coefficient (Wildman–Crippen LogP) is 2.95. The van der Waals surface area contributed by atoms with Gasteiger partial charge in [-0.1, -0.05) is 29.8 Å². The first-order valence-electron chi connectivity index (χ1n) is 6.04. The minimum Gasteiger partial charge on any atom is -0.465 e. The smallest absolute Gasteiger partial charge is 0.412 e. The first kappa shape index (κ1) is 15.1. The highest BCUT2D eigenvalue weighted by Crippen LogP contribution is 2.40. The van der Waals surface area contributed by atoms with E-state index in [9.17, 15) is 9.90 Å². The Morgan fingerprint density at radius 1 is 1.19 bits per heavy atom. The number of hydrazine groups is 1. The lowest BCUT2D eigenvalue weighted by molar-refractivity contribution is 0.201. The van der Waals surface area contributed by atoms with Gasteiger partial charge in [-0.25, -0.2) is 4.79 Å². The molecular weight excluding hydrogens is 294 g/mol. The summed E-state index contributed by atoms with van der Waals surface area (Å²) in [5.41, 5.74) is 1.27. The molecule has 0 aliphatic carbocycles. The SMILES string of the molecule is NN.O=C(O)N1Cc2ccccc2Oc2ccc(Cl)cc21. The monoisotopic (exact) mass is 307 g/mol. The van der Waals surface area contributed by atoms with Gasteiger partial charge in [-0.2, -0.15) is 0 Å². The van der Waals surface area contributed by atoms with E-state index in [1.807, 2.05) is 24.3 Å². The number of nitrogens with two attached hydrogens (primary N) is 2. The number of hydrogen-bond acceptors (Lipinski definition) is 4. The van der Waals surface area contributed by atoms with Crippen LogP contribution in [0.15, 0.2) is 42.5 Å². The highest BCUT2D eigenvalue weighted by Gasteiger charge is 2.24. The third-order valence-corrected chi connectivity index (χ3v) is 3.20. The standard InChI is InChI=1S/C14H10ClNO3.H4N2/c15-10-5-6-13-11(7-10)16(14(17)18)8-9-3-1-2-4-12(9)19-13;1-2/h1-7H,8H2,(H,17,18);1-2H2. The molecule has 7 heteroatoms. The van der Waals surface area contributed by atoms with E-state index in [4.69, 9.17) is 16.3 Å². The molecule has 0 unspecified atom stereocenters. The van der Waals surface area contributed by atoms with Crippen molar-refractivity contribution in [3.63, 3.8) is 0 Å². The van der Waals surface area contributed by atoms with Gasteiger partial charge in [0, 0.05) is 10.6 Å². The Hall–Kier alpha value is -2.28. The molecule has 1 aliphatic rings. The zero-order valence-electron chi connectivity index (χ0n) is 11.0. The van der Waals surface area contributed by atoms with Crippen LogP contribution in [0, 0.1) is 0 Å². The van der Waals surface area contributed by atoms with E-state index in [2.05, 4.69) is 11.7 Å². The van der Waals surface area contributed by atoms with Gasteiger partial charge in [-0.05, 0) is 24.3 Å². The summed E-state index contributed by atoms with van der Waals surface area (Å²) in [6, 6.07) is 12.3. The fourth-order valence-electron chi connectivity index (χ4n) is 2.07. The number of carboxylic acid groups (broad SMARTS) is 1. The molecule has 2 aromatic rings. The van der Waals surface area contributed by atoms with E-state index >= 15 is 0 Å². The van der Waals surface area contributed by atoms with Crippen molar-refractivity contribution in [1.29, 1.82) is 0 Å². The molecule has 110 valence electrons. The summed E-state index contributed by atoms with van der Waals surface area (Å²) >= 11 is 5.94. The van der Waals surface area contributed by atoms with E-state index in [0.717, 1.165) is 5.56 Å². The largest absolute Gasteiger partial charge is 0.465 e. The summed E-state index contributed by atoms with van der Waals surface area (Å²) in [5, 5.41) is 9.83. The molecule has 1 heterocycles. The summed E-state index contributed by atoms with van der Waals surface area (Å²) < 4.78 is 5.77. The van der Waals surface area contributed by atoms with Gasteiger partial charge >= 0.3 is 6.09 Å². The molecular formula is C14H14ClN3O3. The molecule has 0 spiro atoms. The number of amides is 1. The first-order valence-corrected chi connectivity index (χ1v) is 6.42. The number of halogens is 1. The number of anilines is 1. The van der Waals surface area contributed by atoms with E-state index < -0.39 is 6.09 Å². The molecule has 0 aromatic heterocycles. The Balaban J connectivity index is 0.000000774. The fourth-order valence-corrected chi connectivity index (χ4v) is 2.23. The van der Waals surface area contributed by atoms with Crippen LogP contribution < -0.4 is 21.3 Å². The van der Waals surface area contributed by atoms with Crippen molar-refractivity contribution in [2.24, 2.45) is 11.7 Å². The first-order chi connectivity index (χ1) is 10.1. The van der Waals surface area contributed by atoms with Crippen LogP contribution in [0.2, 0.25) is 5.02 Å². The van der Waals surface area contributed by atoms with E-state index in [-0.39, 0.29) is 6.54 Å². The molecule has 0 atom stereocenters. The molecule has 0 radical (unpaired) electrons. The Morgan fingerprint density at radius 2 is 1.90 bits per heavy atom. The molecule has 2 aromatic carbocycles. The van der Waals surface area contributed by atoms with Crippen LogP contribution in [0.3, 0.4) is 0 Å². The van der Waals surface area contributed by atoms with Crippen molar-refractivity contribution in [3.8, 4) is 11.5 Å². The van der Waals surface area contributed by atoms with E-state index in [1.165, 1.54) is 4.90 Å². The highest BCUT2D eigenvalue weighted by atomic mass is 35.5. The second kappa shape index (κ2) is 6.45. The predicted molar refractivity (Wildman–Crippen MR) is 80.6 cm³/mol. The Bertz CT molecular complexity index is 664. The lowest BCUT2D eigenvalue weighted by Gasteiger charge is -2.18. The Morgan fingerprint density at radius 3 is 2.62 bits per heavy atom. The number of benzene rings is 2. The van der Waals surface area contributed by atoms with Crippen molar-refractivity contribution in [3.05, 3.63) is 53.1 Å². The zero-order valence-corrected chi connectivity index (χ0v) is 11.7. The minimum atomic E-state index is -1.04. The van der Waals surface area contributed by atoms with Crippen LogP contribution in [0.5, 0.6) is 11.5 Å². The second-order valence-electron chi connectivity index (χ2n) is 4.19. The van der Waals surface area contributed by atoms with E-state index in [1.54, 1.807) is 18.2 Å². The number of carbonyl (C=O) groups is 1. The second-order valence-corrected chi connectivity index (χ2v) is 4.63. The third-order valence-electron chi connectivity index (χ3n) is 2.96. The van der Waals surface area contributed by atoms with Crippen molar-refractivity contribution < 1.29 is 14.6 Å². The number of rotatable bonds is 0.